The number of carbonyl (C=O) groups is 1. The molecule has 2 heterocycles. The van der Waals surface area contributed by atoms with Gasteiger partial charge in [-0.15, -0.1) is 0 Å². The Bertz CT molecular complexity index is 801. The lowest BCUT2D eigenvalue weighted by molar-refractivity contribution is -0.123. The number of nitrogens with zero attached hydrogens (tertiary/aromatic N) is 1. The molecule has 0 saturated carbocycles. The molecule has 1 unspecified atom stereocenters. The van der Waals surface area contributed by atoms with E-state index in [-0.39, 0.29) is 23.5 Å². The van der Waals surface area contributed by atoms with E-state index < -0.39 is 9.84 Å². The van der Waals surface area contributed by atoms with Gasteiger partial charge in [-0.2, -0.15) is 0 Å². The Labute approximate surface area is 144 Å². The standard InChI is InChI=1S/C15H15NO4S3/c1-20-12-5-3-2-4-10(12)8-13-14(17)16(15(21)22-13)11-6-7-23(18,19)9-11/h2-5,8,11H,6-7,9H2,1H3/b13-8-. The molecule has 0 N–H and O–H groups in total. The molecule has 3 rings (SSSR count). The van der Waals surface area contributed by atoms with Crippen LogP contribution in [0.4, 0.5) is 0 Å². The first-order chi connectivity index (χ1) is 10.9. The summed E-state index contributed by atoms with van der Waals surface area (Å²) in [6.07, 6.45) is 2.18. The maximum atomic E-state index is 12.6. The first-order valence-corrected chi connectivity index (χ1v) is 10.1. The SMILES string of the molecule is COc1ccccc1/C=C1\SC(=S)N(C2CCS(=O)(=O)C2)C1=O. The molecule has 0 radical (unpaired) electrons. The lowest BCUT2D eigenvalue weighted by Crippen LogP contribution is -2.39. The number of para-hydroxylation sites is 1. The van der Waals surface area contributed by atoms with E-state index >= 15 is 0 Å². The van der Waals surface area contributed by atoms with Crippen LogP contribution in [-0.4, -0.2) is 48.2 Å². The predicted octanol–water partition coefficient (Wildman–Crippen LogP) is 2.08. The molecular formula is C15H15NO4S3. The van der Waals surface area contributed by atoms with E-state index in [2.05, 4.69) is 0 Å². The molecular weight excluding hydrogens is 354 g/mol. The van der Waals surface area contributed by atoms with Gasteiger partial charge in [0.1, 0.15) is 10.1 Å². The summed E-state index contributed by atoms with van der Waals surface area (Å²) >= 11 is 6.49. The summed E-state index contributed by atoms with van der Waals surface area (Å²) in [6.45, 7) is 0. The van der Waals surface area contributed by atoms with Gasteiger partial charge in [0.2, 0.25) is 0 Å². The van der Waals surface area contributed by atoms with Gasteiger partial charge < -0.3 is 4.74 Å². The van der Waals surface area contributed by atoms with Gasteiger partial charge in [-0.1, -0.05) is 42.2 Å². The predicted molar refractivity (Wildman–Crippen MR) is 95.1 cm³/mol. The molecule has 0 aliphatic carbocycles. The molecule has 1 atom stereocenters. The number of ether oxygens (including phenoxy) is 1. The Morgan fingerprint density at radius 3 is 2.78 bits per heavy atom. The lowest BCUT2D eigenvalue weighted by atomic mass is 10.1. The first kappa shape index (κ1) is 16.5. The minimum Gasteiger partial charge on any atom is -0.496 e. The van der Waals surface area contributed by atoms with E-state index in [1.54, 1.807) is 13.2 Å². The smallest absolute Gasteiger partial charge is 0.266 e. The minimum atomic E-state index is -3.07. The average molecular weight is 369 g/mol. The van der Waals surface area contributed by atoms with Gasteiger partial charge >= 0.3 is 0 Å². The highest BCUT2D eigenvalue weighted by Crippen LogP contribution is 2.37. The zero-order valence-electron chi connectivity index (χ0n) is 12.4. The van der Waals surface area contributed by atoms with Crippen LogP contribution in [0.2, 0.25) is 0 Å². The molecule has 2 aliphatic heterocycles. The Hall–Kier alpha value is -1.38. The largest absolute Gasteiger partial charge is 0.496 e. The van der Waals surface area contributed by atoms with Crippen LogP contribution in [0.3, 0.4) is 0 Å². The van der Waals surface area contributed by atoms with Crippen LogP contribution >= 0.6 is 24.0 Å². The second-order valence-electron chi connectivity index (χ2n) is 5.35. The fourth-order valence-corrected chi connectivity index (χ4v) is 5.79. The zero-order valence-corrected chi connectivity index (χ0v) is 14.8. The van der Waals surface area contributed by atoms with Crippen molar-refractivity contribution < 1.29 is 17.9 Å². The van der Waals surface area contributed by atoms with Crippen molar-refractivity contribution in [1.29, 1.82) is 0 Å². The van der Waals surface area contributed by atoms with E-state index in [9.17, 15) is 13.2 Å². The van der Waals surface area contributed by atoms with Crippen molar-refractivity contribution in [2.24, 2.45) is 0 Å². The van der Waals surface area contributed by atoms with Gasteiger partial charge in [0.25, 0.3) is 5.91 Å². The highest BCUT2D eigenvalue weighted by Gasteiger charge is 2.42. The molecule has 2 aliphatic rings. The summed E-state index contributed by atoms with van der Waals surface area (Å²) in [6, 6.07) is 7.03. The van der Waals surface area contributed by atoms with Crippen molar-refractivity contribution in [1.82, 2.24) is 4.90 Å². The van der Waals surface area contributed by atoms with Crippen LogP contribution < -0.4 is 4.74 Å². The Morgan fingerprint density at radius 1 is 1.39 bits per heavy atom. The highest BCUT2D eigenvalue weighted by molar-refractivity contribution is 8.26. The summed E-state index contributed by atoms with van der Waals surface area (Å²) in [5.41, 5.74) is 0.787. The number of amides is 1. The van der Waals surface area contributed by atoms with Crippen LogP contribution in [0.5, 0.6) is 5.75 Å². The number of hydrogen-bond donors (Lipinski definition) is 0. The average Bonchev–Trinajstić information content (AvgIpc) is 2.99. The molecule has 1 aromatic carbocycles. The van der Waals surface area contributed by atoms with Crippen LogP contribution in [0, 0.1) is 0 Å². The molecule has 5 nitrogen and oxygen atoms in total. The molecule has 1 amide bonds. The fraction of sp³-hybridized carbons (Fsp3) is 0.333. The van der Waals surface area contributed by atoms with Gasteiger partial charge in [0, 0.05) is 5.56 Å². The van der Waals surface area contributed by atoms with Crippen molar-refractivity contribution in [2.75, 3.05) is 18.6 Å². The fourth-order valence-electron chi connectivity index (χ4n) is 2.70. The molecule has 23 heavy (non-hydrogen) atoms. The van der Waals surface area contributed by atoms with Crippen LogP contribution in [0.1, 0.15) is 12.0 Å². The number of benzene rings is 1. The Balaban J connectivity index is 1.88. The third-order valence-electron chi connectivity index (χ3n) is 3.82. The third-order valence-corrected chi connectivity index (χ3v) is 6.90. The zero-order chi connectivity index (χ0) is 16.6. The monoisotopic (exact) mass is 369 g/mol. The van der Waals surface area contributed by atoms with Crippen LogP contribution in [-0.2, 0) is 14.6 Å². The number of sulfone groups is 1. The van der Waals surface area contributed by atoms with Crippen LogP contribution in [0.25, 0.3) is 6.08 Å². The van der Waals surface area contributed by atoms with Crippen molar-refractivity contribution >= 4 is 50.1 Å². The molecule has 1 aromatic rings. The number of rotatable bonds is 3. The van der Waals surface area contributed by atoms with Crippen molar-refractivity contribution in [3.63, 3.8) is 0 Å². The van der Waals surface area contributed by atoms with E-state index in [0.29, 0.717) is 21.4 Å². The topological polar surface area (TPSA) is 63.7 Å². The summed E-state index contributed by atoms with van der Waals surface area (Å²) in [4.78, 5) is 14.6. The van der Waals surface area contributed by atoms with Gasteiger partial charge in [-0.25, -0.2) is 8.42 Å². The van der Waals surface area contributed by atoms with Crippen molar-refractivity contribution in [3.8, 4) is 5.75 Å². The minimum absolute atomic E-state index is 0.0125. The van der Waals surface area contributed by atoms with Gasteiger partial charge in [-0.3, -0.25) is 9.69 Å². The van der Waals surface area contributed by atoms with Crippen molar-refractivity contribution in [3.05, 3.63) is 34.7 Å². The van der Waals surface area contributed by atoms with Gasteiger partial charge in [-0.05, 0) is 18.6 Å². The number of carbonyl (C=O) groups excluding carboxylic acids is 1. The quantitative estimate of drug-likeness (QED) is 0.600. The van der Waals surface area contributed by atoms with Gasteiger partial charge in [0.15, 0.2) is 9.84 Å². The number of hydrogen-bond acceptors (Lipinski definition) is 6. The summed E-state index contributed by atoms with van der Waals surface area (Å²) in [5, 5.41) is 0. The third kappa shape index (κ3) is 3.29. The van der Waals surface area contributed by atoms with Gasteiger partial charge in [0.05, 0.1) is 29.6 Å². The van der Waals surface area contributed by atoms with Crippen molar-refractivity contribution in [2.45, 2.75) is 12.5 Å². The number of thioether (sulfide) groups is 1. The first-order valence-electron chi connectivity index (χ1n) is 7.02. The lowest BCUT2D eigenvalue weighted by Gasteiger charge is -2.20. The summed E-state index contributed by atoms with van der Waals surface area (Å²) < 4.78 is 29.0. The van der Waals surface area contributed by atoms with E-state index in [1.807, 2.05) is 24.3 Å². The number of methoxy groups -OCH3 is 1. The number of thiocarbonyl (C=S) groups is 1. The van der Waals surface area contributed by atoms with E-state index in [4.69, 9.17) is 17.0 Å². The second-order valence-corrected chi connectivity index (χ2v) is 9.26. The second kappa shape index (κ2) is 6.26. The molecule has 2 fully saturated rings. The molecule has 2 saturated heterocycles. The summed E-state index contributed by atoms with van der Waals surface area (Å²) in [5.74, 6) is 0.538. The van der Waals surface area contributed by atoms with Crippen LogP contribution in [0.15, 0.2) is 29.2 Å². The molecule has 0 spiro atoms. The maximum absolute atomic E-state index is 12.6. The Kier molecular flexibility index (Phi) is 4.48. The maximum Gasteiger partial charge on any atom is 0.266 e. The Morgan fingerprint density at radius 2 is 2.13 bits per heavy atom. The molecule has 122 valence electrons. The normalized spacial score (nSPS) is 25.3. The van der Waals surface area contributed by atoms with E-state index in [0.717, 1.165) is 5.56 Å². The summed E-state index contributed by atoms with van der Waals surface area (Å²) in [7, 11) is -1.50. The van der Waals surface area contributed by atoms with E-state index in [1.165, 1.54) is 16.7 Å². The molecule has 0 bridgehead atoms. The highest BCUT2D eigenvalue weighted by atomic mass is 32.2. The molecule has 0 aromatic heterocycles. The molecule has 8 heteroatoms.